The number of nitrogens with zero attached hydrogens (tertiary/aromatic N) is 2. The third-order valence-corrected chi connectivity index (χ3v) is 6.97. The normalized spacial score (nSPS) is 24.1. The predicted octanol–water partition coefficient (Wildman–Crippen LogP) is 4.39. The summed E-state index contributed by atoms with van der Waals surface area (Å²) in [5.74, 6) is 2.49. The minimum absolute atomic E-state index is 0.146. The molecule has 3 aliphatic rings. The van der Waals surface area contributed by atoms with Gasteiger partial charge in [0.05, 0.1) is 12.6 Å². The van der Waals surface area contributed by atoms with Crippen LogP contribution in [0.5, 0.6) is 11.5 Å². The van der Waals surface area contributed by atoms with E-state index < -0.39 is 0 Å². The summed E-state index contributed by atoms with van der Waals surface area (Å²) in [6, 6.07) is 17.1. The number of hydrogen-bond acceptors (Lipinski definition) is 4. The number of carbonyl (C=O) groups excluding carboxylic acids is 1. The third-order valence-electron chi connectivity index (χ3n) is 6.97. The molecule has 0 spiro atoms. The summed E-state index contributed by atoms with van der Waals surface area (Å²) in [5.41, 5.74) is 2.60. The lowest BCUT2D eigenvalue weighted by atomic mass is 9.92. The molecule has 2 saturated heterocycles. The molecule has 0 aliphatic carbocycles. The van der Waals surface area contributed by atoms with E-state index >= 15 is 0 Å². The maximum atomic E-state index is 13.3. The standard InChI is InChI=1S/C26H32N2O3/c29-26(19-27-13-4-8-21(12-15-27)20-6-2-1-3-7-20)28-14-5-9-23(28)22-10-11-24-25(18-22)31-17-16-30-24/h1-3,6-7,10-11,18,21,23H,4-5,8-9,12-17,19H2. The molecule has 0 bridgehead atoms. The molecule has 5 nitrogen and oxygen atoms in total. The molecule has 0 aromatic heterocycles. The molecule has 31 heavy (non-hydrogen) atoms. The molecule has 5 heteroatoms. The maximum Gasteiger partial charge on any atom is 0.237 e. The average Bonchev–Trinajstić information content (AvgIpc) is 3.20. The Bertz CT molecular complexity index is 901. The van der Waals surface area contributed by atoms with E-state index in [0.29, 0.717) is 25.7 Å². The van der Waals surface area contributed by atoms with E-state index in [1.54, 1.807) is 0 Å². The van der Waals surface area contributed by atoms with E-state index in [2.05, 4.69) is 52.3 Å². The van der Waals surface area contributed by atoms with E-state index in [1.807, 2.05) is 6.07 Å². The quantitative estimate of drug-likeness (QED) is 0.736. The van der Waals surface area contributed by atoms with Gasteiger partial charge in [0.2, 0.25) is 5.91 Å². The van der Waals surface area contributed by atoms with Gasteiger partial charge in [-0.25, -0.2) is 0 Å². The third kappa shape index (κ3) is 4.57. The molecule has 5 rings (SSSR count). The summed E-state index contributed by atoms with van der Waals surface area (Å²) in [7, 11) is 0. The average molecular weight is 421 g/mol. The van der Waals surface area contributed by atoms with Gasteiger partial charge in [0.1, 0.15) is 13.2 Å². The van der Waals surface area contributed by atoms with Crippen LogP contribution < -0.4 is 9.47 Å². The molecular formula is C26H32N2O3. The van der Waals surface area contributed by atoms with Crippen LogP contribution in [0.1, 0.15) is 55.2 Å². The van der Waals surface area contributed by atoms with E-state index in [0.717, 1.165) is 62.4 Å². The van der Waals surface area contributed by atoms with Crippen LogP contribution in [0.3, 0.4) is 0 Å². The lowest BCUT2D eigenvalue weighted by Gasteiger charge is -2.29. The Kier molecular flexibility index (Phi) is 6.12. The summed E-state index contributed by atoms with van der Waals surface area (Å²) >= 11 is 0. The predicted molar refractivity (Wildman–Crippen MR) is 121 cm³/mol. The van der Waals surface area contributed by atoms with Crippen LogP contribution in [0.4, 0.5) is 0 Å². The van der Waals surface area contributed by atoms with Gasteiger partial charge < -0.3 is 14.4 Å². The Morgan fingerprint density at radius 1 is 0.839 bits per heavy atom. The van der Waals surface area contributed by atoms with Gasteiger partial charge in [0, 0.05) is 6.54 Å². The maximum absolute atomic E-state index is 13.3. The van der Waals surface area contributed by atoms with E-state index in [4.69, 9.17) is 9.47 Å². The Morgan fingerprint density at radius 2 is 1.65 bits per heavy atom. The van der Waals surface area contributed by atoms with Crippen molar-refractivity contribution in [3.05, 3.63) is 59.7 Å². The number of amides is 1. The molecule has 1 amide bonds. The van der Waals surface area contributed by atoms with Gasteiger partial charge in [0.15, 0.2) is 11.5 Å². The molecule has 2 atom stereocenters. The summed E-state index contributed by atoms with van der Waals surface area (Å²) < 4.78 is 11.4. The second kappa shape index (κ2) is 9.31. The second-order valence-electron chi connectivity index (χ2n) is 8.96. The van der Waals surface area contributed by atoms with Gasteiger partial charge in [-0.3, -0.25) is 9.69 Å². The van der Waals surface area contributed by atoms with Crippen molar-refractivity contribution in [1.29, 1.82) is 0 Å². The number of hydrogen-bond donors (Lipinski definition) is 0. The van der Waals surface area contributed by atoms with Crippen LogP contribution >= 0.6 is 0 Å². The minimum Gasteiger partial charge on any atom is -0.486 e. The zero-order valence-corrected chi connectivity index (χ0v) is 18.2. The minimum atomic E-state index is 0.146. The molecule has 2 aromatic rings. The molecular weight excluding hydrogens is 388 g/mol. The number of fused-ring (bicyclic) bond motifs is 1. The Hall–Kier alpha value is -2.53. The number of rotatable bonds is 4. The summed E-state index contributed by atoms with van der Waals surface area (Å²) in [6.07, 6.45) is 5.56. The number of benzene rings is 2. The van der Waals surface area contributed by atoms with Crippen molar-refractivity contribution in [2.24, 2.45) is 0 Å². The molecule has 0 radical (unpaired) electrons. The van der Waals surface area contributed by atoms with Crippen LogP contribution in [0, 0.1) is 0 Å². The lowest BCUT2D eigenvalue weighted by molar-refractivity contribution is -0.133. The highest BCUT2D eigenvalue weighted by atomic mass is 16.6. The van der Waals surface area contributed by atoms with Crippen molar-refractivity contribution >= 4 is 5.91 Å². The largest absolute Gasteiger partial charge is 0.486 e. The molecule has 0 saturated carbocycles. The van der Waals surface area contributed by atoms with Crippen molar-refractivity contribution in [3.8, 4) is 11.5 Å². The fourth-order valence-electron chi connectivity index (χ4n) is 5.33. The highest BCUT2D eigenvalue weighted by molar-refractivity contribution is 5.79. The smallest absolute Gasteiger partial charge is 0.237 e. The van der Waals surface area contributed by atoms with Crippen LogP contribution in [0.25, 0.3) is 0 Å². The molecule has 3 heterocycles. The summed E-state index contributed by atoms with van der Waals surface area (Å²) in [5, 5.41) is 0. The fraction of sp³-hybridized carbons (Fsp3) is 0.500. The number of ether oxygens (including phenoxy) is 2. The van der Waals surface area contributed by atoms with Crippen LogP contribution in [-0.2, 0) is 4.79 Å². The molecule has 2 aromatic carbocycles. The Balaban J connectivity index is 1.22. The first kappa shape index (κ1) is 20.4. The summed E-state index contributed by atoms with van der Waals surface area (Å²) in [4.78, 5) is 17.7. The van der Waals surface area contributed by atoms with Crippen molar-refractivity contribution in [2.75, 3.05) is 39.4 Å². The van der Waals surface area contributed by atoms with Gasteiger partial charge >= 0.3 is 0 Å². The fourth-order valence-corrected chi connectivity index (χ4v) is 5.33. The lowest BCUT2D eigenvalue weighted by Crippen LogP contribution is -2.40. The highest BCUT2D eigenvalue weighted by Gasteiger charge is 2.32. The topological polar surface area (TPSA) is 42.0 Å². The van der Waals surface area contributed by atoms with Crippen molar-refractivity contribution in [2.45, 2.75) is 44.1 Å². The molecule has 2 unspecified atom stereocenters. The number of carbonyl (C=O) groups is 1. The highest BCUT2D eigenvalue weighted by Crippen LogP contribution is 2.38. The van der Waals surface area contributed by atoms with E-state index in [9.17, 15) is 4.79 Å². The molecule has 2 fully saturated rings. The van der Waals surface area contributed by atoms with E-state index in [-0.39, 0.29) is 11.9 Å². The first-order valence-corrected chi connectivity index (χ1v) is 11.7. The molecule has 164 valence electrons. The summed E-state index contributed by atoms with van der Waals surface area (Å²) in [6.45, 7) is 4.57. The molecule has 3 aliphatic heterocycles. The van der Waals surface area contributed by atoms with Crippen LogP contribution in [0.2, 0.25) is 0 Å². The first-order chi connectivity index (χ1) is 15.3. The molecule has 0 N–H and O–H groups in total. The zero-order valence-electron chi connectivity index (χ0n) is 18.2. The van der Waals surface area contributed by atoms with Crippen molar-refractivity contribution in [3.63, 3.8) is 0 Å². The zero-order chi connectivity index (χ0) is 21.0. The van der Waals surface area contributed by atoms with Gasteiger partial charge in [-0.2, -0.15) is 0 Å². The Labute approximate surface area is 184 Å². The van der Waals surface area contributed by atoms with Gasteiger partial charge in [-0.1, -0.05) is 36.4 Å². The van der Waals surface area contributed by atoms with Gasteiger partial charge in [-0.05, 0) is 74.4 Å². The monoisotopic (exact) mass is 420 g/mol. The van der Waals surface area contributed by atoms with Crippen LogP contribution in [0.15, 0.2) is 48.5 Å². The van der Waals surface area contributed by atoms with Crippen molar-refractivity contribution in [1.82, 2.24) is 9.80 Å². The van der Waals surface area contributed by atoms with Gasteiger partial charge in [-0.15, -0.1) is 0 Å². The van der Waals surface area contributed by atoms with Crippen molar-refractivity contribution < 1.29 is 14.3 Å². The first-order valence-electron chi connectivity index (χ1n) is 11.7. The second-order valence-corrected chi connectivity index (χ2v) is 8.96. The van der Waals surface area contributed by atoms with Gasteiger partial charge in [0.25, 0.3) is 0 Å². The van der Waals surface area contributed by atoms with E-state index in [1.165, 1.54) is 12.0 Å². The SMILES string of the molecule is O=C(CN1CCCC(c2ccccc2)CC1)N1CCCC1c1ccc2c(c1)OCCO2. The number of likely N-dealkylation sites (tertiary alicyclic amines) is 2. The Morgan fingerprint density at radius 3 is 2.52 bits per heavy atom. The van der Waals surface area contributed by atoms with Crippen LogP contribution in [-0.4, -0.2) is 55.1 Å².